The SMILES string of the molecule is O=C(NC1(CO)CCCC1)c1ccc(F)cc1O. The van der Waals surface area contributed by atoms with Crippen LogP contribution in [-0.4, -0.2) is 28.3 Å². The third kappa shape index (κ3) is 2.46. The molecule has 0 atom stereocenters. The highest BCUT2D eigenvalue weighted by Crippen LogP contribution is 2.30. The Hall–Kier alpha value is -1.62. The molecular weight excluding hydrogens is 237 g/mol. The zero-order valence-electron chi connectivity index (χ0n) is 9.95. The maximum absolute atomic E-state index is 12.8. The second-order valence-corrected chi connectivity index (χ2v) is 4.76. The summed E-state index contributed by atoms with van der Waals surface area (Å²) in [7, 11) is 0. The summed E-state index contributed by atoms with van der Waals surface area (Å²) < 4.78 is 12.8. The van der Waals surface area contributed by atoms with Gasteiger partial charge in [0.15, 0.2) is 0 Å². The highest BCUT2D eigenvalue weighted by molar-refractivity contribution is 5.97. The molecule has 4 nitrogen and oxygen atoms in total. The van der Waals surface area contributed by atoms with Crippen LogP contribution < -0.4 is 5.32 Å². The summed E-state index contributed by atoms with van der Waals surface area (Å²) in [6, 6.07) is 3.25. The smallest absolute Gasteiger partial charge is 0.255 e. The number of amides is 1. The largest absolute Gasteiger partial charge is 0.507 e. The van der Waals surface area contributed by atoms with Gasteiger partial charge >= 0.3 is 0 Å². The lowest BCUT2D eigenvalue weighted by molar-refractivity contribution is 0.0836. The first kappa shape index (κ1) is 12.8. The highest BCUT2D eigenvalue weighted by atomic mass is 19.1. The van der Waals surface area contributed by atoms with E-state index in [1.165, 1.54) is 6.07 Å². The number of nitrogens with one attached hydrogen (secondary N) is 1. The van der Waals surface area contributed by atoms with E-state index in [-0.39, 0.29) is 12.2 Å². The molecule has 1 saturated carbocycles. The number of aromatic hydroxyl groups is 1. The molecule has 18 heavy (non-hydrogen) atoms. The highest BCUT2D eigenvalue weighted by Gasteiger charge is 2.35. The van der Waals surface area contributed by atoms with E-state index < -0.39 is 23.0 Å². The molecule has 98 valence electrons. The van der Waals surface area contributed by atoms with E-state index in [9.17, 15) is 19.4 Å². The van der Waals surface area contributed by atoms with Gasteiger partial charge in [0.05, 0.1) is 17.7 Å². The van der Waals surface area contributed by atoms with Crippen LogP contribution in [0.25, 0.3) is 0 Å². The van der Waals surface area contributed by atoms with Gasteiger partial charge in [0.2, 0.25) is 0 Å². The number of benzene rings is 1. The third-order valence-corrected chi connectivity index (χ3v) is 3.45. The number of hydrogen-bond donors (Lipinski definition) is 3. The van der Waals surface area contributed by atoms with Gasteiger partial charge in [-0.25, -0.2) is 4.39 Å². The second kappa shape index (κ2) is 4.94. The lowest BCUT2D eigenvalue weighted by Gasteiger charge is -2.28. The van der Waals surface area contributed by atoms with Crippen molar-refractivity contribution in [2.75, 3.05) is 6.61 Å². The minimum atomic E-state index is -0.599. The van der Waals surface area contributed by atoms with E-state index in [1.807, 2.05) is 0 Å². The number of aliphatic hydroxyl groups excluding tert-OH is 1. The minimum Gasteiger partial charge on any atom is -0.507 e. The zero-order chi connectivity index (χ0) is 13.2. The van der Waals surface area contributed by atoms with Crippen molar-refractivity contribution in [3.05, 3.63) is 29.6 Å². The molecule has 1 aliphatic rings. The van der Waals surface area contributed by atoms with Gasteiger partial charge in [0.25, 0.3) is 5.91 Å². The maximum Gasteiger partial charge on any atom is 0.255 e. The standard InChI is InChI=1S/C13H16FNO3/c14-9-3-4-10(11(17)7-9)12(18)15-13(8-16)5-1-2-6-13/h3-4,7,16-17H,1-2,5-6,8H2,(H,15,18). The molecule has 0 spiro atoms. The summed E-state index contributed by atoms with van der Waals surface area (Å²) in [5, 5.41) is 21.7. The van der Waals surface area contributed by atoms with Crippen LogP contribution in [0.4, 0.5) is 4.39 Å². The van der Waals surface area contributed by atoms with Gasteiger partial charge in [0.1, 0.15) is 11.6 Å². The molecule has 1 aliphatic carbocycles. The Morgan fingerprint density at radius 2 is 2.06 bits per heavy atom. The summed E-state index contributed by atoms with van der Waals surface area (Å²) in [5.74, 6) is -1.47. The van der Waals surface area contributed by atoms with Crippen LogP contribution in [0.5, 0.6) is 5.75 Å². The summed E-state index contributed by atoms with van der Waals surface area (Å²) in [5.41, 5.74) is -0.575. The minimum absolute atomic E-state index is 0.0242. The Labute approximate surface area is 104 Å². The predicted molar refractivity (Wildman–Crippen MR) is 63.8 cm³/mol. The summed E-state index contributed by atoms with van der Waals surface area (Å²) in [6.07, 6.45) is 3.35. The van der Waals surface area contributed by atoms with Crippen LogP contribution in [0.15, 0.2) is 18.2 Å². The van der Waals surface area contributed by atoms with Crippen molar-refractivity contribution >= 4 is 5.91 Å². The number of phenolic OH excluding ortho intramolecular Hbond substituents is 1. The fourth-order valence-electron chi connectivity index (χ4n) is 2.38. The molecule has 0 bridgehead atoms. The molecule has 0 heterocycles. The average molecular weight is 253 g/mol. The van der Waals surface area contributed by atoms with Gasteiger partial charge in [-0.1, -0.05) is 12.8 Å². The summed E-state index contributed by atoms with van der Waals surface area (Å²) >= 11 is 0. The first-order valence-electron chi connectivity index (χ1n) is 5.98. The molecule has 3 N–H and O–H groups in total. The molecule has 0 aromatic heterocycles. The van der Waals surface area contributed by atoms with Gasteiger partial charge in [-0.2, -0.15) is 0 Å². The van der Waals surface area contributed by atoms with Crippen molar-refractivity contribution in [2.45, 2.75) is 31.2 Å². The van der Waals surface area contributed by atoms with E-state index >= 15 is 0 Å². The summed E-state index contributed by atoms with van der Waals surface area (Å²) in [4.78, 5) is 12.0. The Morgan fingerprint density at radius 3 is 2.61 bits per heavy atom. The molecule has 0 saturated heterocycles. The molecule has 1 amide bonds. The molecular formula is C13H16FNO3. The molecule has 0 unspecified atom stereocenters. The van der Waals surface area contributed by atoms with E-state index in [4.69, 9.17) is 0 Å². The average Bonchev–Trinajstić information content (AvgIpc) is 2.78. The van der Waals surface area contributed by atoms with Crippen LogP contribution in [0.1, 0.15) is 36.0 Å². The van der Waals surface area contributed by atoms with Crippen molar-refractivity contribution in [1.82, 2.24) is 5.32 Å². The van der Waals surface area contributed by atoms with Gasteiger partial charge in [0, 0.05) is 6.07 Å². The summed E-state index contributed by atoms with van der Waals surface area (Å²) in [6.45, 7) is -0.124. The number of hydrogen-bond acceptors (Lipinski definition) is 3. The molecule has 0 radical (unpaired) electrons. The van der Waals surface area contributed by atoms with Crippen LogP contribution in [-0.2, 0) is 0 Å². The molecule has 2 rings (SSSR count). The van der Waals surface area contributed by atoms with Crippen LogP contribution >= 0.6 is 0 Å². The van der Waals surface area contributed by atoms with Crippen LogP contribution in [0.2, 0.25) is 0 Å². The predicted octanol–water partition coefficient (Wildman–Crippen LogP) is 1.57. The Bertz CT molecular complexity index is 456. The number of carbonyl (C=O) groups excluding carboxylic acids is 1. The molecule has 1 aromatic rings. The number of phenols is 1. The van der Waals surface area contributed by atoms with Gasteiger partial charge in [-0.05, 0) is 25.0 Å². The normalized spacial score (nSPS) is 17.7. The van der Waals surface area contributed by atoms with Crippen molar-refractivity contribution in [3.63, 3.8) is 0 Å². The molecule has 0 aliphatic heterocycles. The first-order valence-corrected chi connectivity index (χ1v) is 5.98. The lowest BCUT2D eigenvalue weighted by atomic mass is 9.98. The quantitative estimate of drug-likeness (QED) is 0.765. The van der Waals surface area contributed by atoms with Gasteiger partial charge in [-0.3, -0.25) is 4.79 Å². The van der Waals surface area contributed by atoms with E-state index in [0.29, 0.717) is 0 Å². The molecule has 1 aromatic carbocycles. The first-order chi connectivity index (χ1) is 8.56. The lowest BCUT2D eigenvalue weighted by Crippen LogP contribution is -2.49. The van der Waals surface area contributed by atoms with Crippen molar-refractivity contribution in [3.8, 4) is 5.75 Å². The van der Waals surface area contributed by atoms with Crippen molar-refractivity contribution in [2.24, 2.45) is 0 Å². The fraction of sp³-hybridized carbons (Fsp3) is 0.462. The third-order valence-electron chi connectivity index (χ3n) is 3.45. The Kier molecular flexibility index (Phi) is 3.52. The second-order valence-electron chi connectivity index (χ2n) is 4.76. The van der Waals surface area contributed by atoms with E-state index in [2.05, 4.69) is 5.32 Å². The number of rotatable bonds is 3. The molecule has 1 fully saturated rings. The monoisotopic (exact) mass is 253 g/mol. The Balaban J connectivity index is 2.16. The van der Waals surface area contributed by atoms with E-state index in [1.54, 1.807) is 0 Å². The zero-order valence-corrected chi connectivity index (χ0v) is 9.95. The molecule has 5 heteroatoms. The number of carbonyl (C=O) groups is 1. The van der Waals surface area contributed by atoms with Crippen molar-refractivity contribution in [1.29, 1.82) is 0 Å². The van der Waals surface area contributed by atoms with Gasteiger partial charge < -0.3 is 15.5 Å². The Morgan fingerprint density at radius 1 is 1.39 bits per heavy atom. The van der Waals surface area contributed by atoms with Crippen molar-refractivity contribution < 1.29 is 19.4 Å². The topological polar surface area (TPSA) is 69.6 Å². The van der Waals surface area contributed by atoms with Crippen LogP contribution in [0, 0.1) is 5.82 Å². The fourth-order valence-corrected chi connectivity index (χ4v) is 2.38. The van der Waals surface area contributed by atoms with Gasteiger partial charge in [-0.15, -0.1) is 0 Å². The van der Waals surface area contributed by atoms with Crippen LogP contribution in [0.3, 0.4) is 0 Å². The maximum atomic E-state index is 12.8. The van der Waals surface area contributed by atoms with E-state index in [0.717, 1.165) is 37.8 Å². The number of aliphatic hydroxyl groups is 1. The number of halogens is 1.